The summed E-state index contributed by atoms with van der Waals surface area (Å²) >= 11 is 0. The lowest BCUT2D eigenvalue weighted by molar-refractivity contribution is -0.138. The molecule has 6 heteroatoms. The van der Waals surface area contributed by atoms with Crippen LogP contribution in [-0.4, -0.2) is 39.0 Å². The molecule has 1 aromatic carbocycles. The fourth-order valence-electron chi connectivity index (χ4n) is 2.11. The average Bonchev–Trinajstić information content (AvgIpc) is 2.39. The Bertz CT molecular complexity index is 694. The number of benzene rings is 1. The van der Waals surface area contributed by atoms with Crippen LogP contribution in [0.15, 0.2) is 23.0 Å². The second-order valence-electron chi connectivity index (χ2n) is 4.68. The summed E-state index contributed by atoms with van der Waals surface area (Å²) in [6.07, 6.45) is 0. The number of carboxylic acid groups (broad SMARTS) is 1. The van der Waals surface area contributed by atoms with Gasteiger partial charge in [-0.15, -0.1) is 0 Å². The second-order valence-corrected chi connectivity index (χ2v) is 4.68. The predicted octanol–water partition coefficient (Wildman–Crippen LogP) is 1.14. The van der Waals surface area contributed by atoms with Gasteiger partial charge in [-0.25, -0.2) is 4.98 Å². The third-order valence-corrected chi connectivity index (χ3v) is 3.17. The van der Waals surface area contributed by atoms with E-state index in [1.165, 1.54) is 0 Å². The molecule has 0 saturated heterocycles. The molecule has 0 bridgehead atoms. The number of hydrogen-bond acceptors (Lipinski definition) is 4. The van der Waals surface area contributed by atoms with Gasteiger partial charge < -0.3 is 10.1 Å². The molecule has 2 rings (SSSR count). The van der Waals surface area contributed by atoms with Gasteiger partial charge in [0.05, 0.1) is 24.0 Å². The van der Waals surface area contributed by atoms with Crippen LogP contribution < -0.4 is 5.56 Å². The van der Waals surface area contributed by atoms with E-state index in [0.717, 1.165) is 5.56 Å². The highest BCUT2D eigenvalue weighted by Crippen LogP contribution is 2.12. The van der Waals surface area contributed by atoms with Crippen molar-refractivity contribution in [1.29, 1.82) is 0 Å². The van der Waals surface area contributed by atoms with Gasteiger partial charge in [-0.3, -0.25) is 14.5 Å². The summed E-state index contributed by atoms with van der Waals surface area (Å²) in [4.78, 5) is 31.6. The molecule has 0 aliphatic heterocycles. The Morgan fingerprint density at radius 3 is 2.85 bits per heavy atom. The van der Waals surface area contributed by atoms with Crippen LogP contribution in [-0.2, 0) is 11.3 Å². The van der Waals surface area contributed by atoms with Crippen LogP contribution in [0, 0.1) is 6.92 Å². The quantitative estimate of drug-likeness (QED) is 0.854. The topological polar surface area (TPSA) is 86.3 Å². The minimum atomic E-state index is -0.897. The number of nitrogens with one attached hydrogen (secondary N) is 1. The summed E-state index contributed by atoms with van der Waals surface area (Å²) in [5.41, 5.74) is 1.40. The highest BCUT2D eigenvalue weighted by Gasteiger charge is 2.11. The first kappa shape index (κ1) is 14.2. The molecule has 0 atom stereocenters. The van der Waals surface area contributed by atoms with E-state index in [0.29, 0.717) is 29.8 Å². The van der Waals surface area contributed by atoms with Gasteiger partial charge in [0.15, 0.2) is 0 Å². The van der Waals surface area contributed by atoms with Crippen LogP contribution in [0.5, 0.6) is 0 Å². The van der Waals surface area contributed by atoms with E-state index in [4.69, 9.17) is 5.11 Å². The summed E-state index contributed by atoms with van der Waals surface area (Å²) < 4.78 is 0. The van der Waals surface area contributed by atoms with Gasteiger partial charge in [0, 0.05) is 0 Å². The van der Waals surface area contributed by atoms with Crippen LogP contribution in [0.25, 0.3) is 10.9 Å². The van der Waals surface area contributed by atoms with Crippen molar-refractivity contribution in [2.75, 3.05) is 13.1 Å². The third kappa shape index (κ3) is 3.03. The van der Waals surface area contributed by atoms with Gasteiger partial charge >= 0.3 is 5.97 Å². The van der Waals surface area contributed by atoms with Crippen LogP contribution in [0.2, 0.25) is 0 Å². The Kier molecular flexibility index (Phi) is 4.14. The Hall–Kier alpha value is -2.21. The monoisotopic (exact) mass is 275 g/mol. The summed E-state index contributed by atoms with van der Waals surface area (Å²) in [6, 6.07) is 5.44. The Balaban J connectivity index is 2.38. The molecule has 0 unspecified atom stereocenters. The van der Waals surface area contributed by atoms with E-state index >= 15 is 0 Å². The molecule has 1 aromatic heterocycles. The number of aromatic nitrogens is 2. The molecule has 0 aliphatic rings. The number of aryl methyl sites for hydroxylation is 1. The molecule has 2 aromatic rings. The number of para-hydroxylation sites is 1. The fraction of sp³-hybridized carbons (Fsp3) is 0.357. The second kappa shape index (κ2) is 5.83. The van der Waals surface area contributed by atoms with Crippen molar-refractivity contribution in [2.24, 2.45) is 0 Å². The molecule has 6 nitrogen and oxygen atoms in total. The molecule has 0 amide bonds. The highest BCUT2D eigenvalue weighted by atomic mass is 16.4. The molecule has 1 heterocycles. The smallest absolute Gasteiger partial charge is 0.317 e. The van der Waals surface area contributed by atoms with E-state index in [1.54, 1.807) is 11.0 Å². The van der Waals surface area contributed by atoms with Gasteiger partial charge in [-0.2, -0.15) is 0 Å². The lowest BCUT2D eigenvalue weighted by Crippen LogP contribution is -2.30. The molecule has 20 heavy (non-hydrogen) atoms. The summed E-state index contributed by atoms with van der Waals surface area (Å²) in [7, 11) is 0. The molecule has 0 radical (unpaired) electrons. The molecular formula is C14H17N3O3. The molecule has 0 saturated carbocycles. The maximum atomic E-state index is 12.0. The van der Waals surface area contributed by atoms with Crippen molar-refractivity contribution in [3.8, 4) is 0 Å². The fourth-order valence-corrected chi connectivity index (χ4v) is 2.11. The zero-order valence-corrected chi connectivity index (χ0v) is 11.5. The number of likely N-dealkylation sites (N-methyl/N-ethyl adjacent to an activating group) is 1. The molecule has 0 aliphatic carbocycles. The number of rotatable bonds is 5. The number of fused-ring (bicyclic) bond motifs is 1. The minimum absolute atomic E-state index is 0.0774. The van der Waals surface area contributed by atoms with Gasteiger partial charge in [0.1, 0.15) is 5.82 Å². The third-order valence-electron chi connectivity index (χ3n) is 3.17. The van der Waals surface area contributed by atoms with Crippen molar-refractivity contribution < 1.29 is 9.90 Å². The van der Waals surface area contributed by atoms with Crippen LogP contribution in [0.4, 0.5) is 0 Å². The van der Waals surface area contributed by atoms with Crippen molar-refractivity contribution in [3.05, 3.63) is 39.9 Å². The number of hydrogen-bond donors (Lipinski definition) is 2. The van der Waals surface area contributed by atoms with Gasteiger partial charge in [-0.1, -0.05) is 19.1 Å². The maximum Gasteiger partial charge on any atom is 0.317 e. The van der Waals surface area contributed by atoms with Crippen molar-refractivity contribution in [1.82, 2.24) is 14.9 Å². The predicted molar refractivity (Wildman–Crippen MR) is 75.7 cm³/mol. The average molecular weight is 275 g/mol. The first-order chi connectivity index (χ1) is 9.51. The number of carboxylic acids is 1. The summed E-state index contributed by atoms with van der Waals surface area (Å²) in [5.74, 6) is -0.411. The zero-order chi connectivity index (χ0) is 14.7. The number of carbonyl (C=O) groups is 1. The molecule has 0 spiro atoms. The van der Waals surface area contributed by atoms with E-state index in [1.807, 2.05) is 26.0 Å². The highest BCUT2D eigenvalue weighted by molar-refractivity contribution is 5.80. The SMILES string of the molecule is CCN(CC(=O)O)Cc1nc2c(C)cccc2c(=O)[nH]1. The number of aromatic amines is 1. The number of nitrogens with zero attached hydrogens (tertiary/aromatic N) is 2. The van der Waals surface area contributed by atoms with Gasteiger partial charge in [0.2, 0.25) is 0 Å². The molecule has 2 N–H and O–H groups in total. The first-order valence-electron chi connectivity index (χ1n) is 6.44. The van der Waals surface area contributed by atoms with Crippen LogP contribution in [0.1, 0.15) is 18.3 Å². The minimum Gasteiger partial charge on any atom is -0.480 e. The maximum absolute atomic E-state index is 12.0. The van der Waals surface area contributed by atoms with Crippen molar-refractivity contribution >= 4 is 16.9 Å². The Morgan fingerprint density at radius 1 is 1.45 bits per heavy atom. The normalized spacial score (nSPS) is 11.2. The zero-order valence-electron chi connectivity index (χ0n) is 11.5. The molecule has 106 valence electrons. The number of H-pyrrole nitrogens is 1. The first-order valence-corrected chi connectivity index (χ1v) is 6.44. The van der Waals surface area contributed by atoms with Crippen molar-refractivity contribution in [3.63, 3.8) is 0 Å². The van der Waals surface area contributed by atoms with Gasteiger partial charge in [0.25, 0.3) is 5.56 Å². The van der Waals surface area contributed by atoms with Crippen molar-refractivity contribution in [2.45, 2.75) is 20.4 Å². The molecular weight excluding hydrogens is 258 g/mol. The van der Waals surface area contributed by atoms with E-state index in [9.17, 15) is 9.59 Å². The standard InChI is InChI=1S/C14H17N3O3/c1-3-17(8-12(18)19)7-11-15-13-9(2)5-4-6-10(13)14(20)16-11/h4-6H,3,7-8H2,1-2H3,(H,18,19)(H,15,16,20). The van der Waals surface area contributed by atoms with Gasteiger partial charge in [-0.05, 0) is 25.1 Å². The largest absolute Gasteiger partial charge is 0.480 e. The van der Waals surface area contributed by atoms with E-state index < -0.39 is 5.97 Å². The Morgan fingerprint density at radius 2 is 2.20 bits per heavy atom. The van der Waals surface area contributed by atoms with E-state index in [2.05, 4.69) is 9.97 Å². The summed E-state index contributed by atoms with van der Waals surface area (Å²) in [6.45, 7) is 4.57. The van der Waals surface area contributed by atoms with Crippen LogP contribution in [0.3, 0.4) is 0 Å². The Labute approximate surface area is 116 Å². The van der Waals surface area contributed by atoms with E-state index in [-0.39, 0.29) is 12.1 Å². The lowest BCUT2D eigenvalue weighted by atomic mass is 10.1. The molecule has 0 fully saturated rings. The lowest BCUT2D eigenvalue weighted by Gasteiger charge is -2.17. The summed E-state index contributed by atoms with van der Waals surface area (Å²) in [5, 5.41) is 9.38. The van der Waals surface area contributed by atoms with Crippen LogP contribution >= 0.6 is 0 Å². The number of aliphatic carboxylic acids is 1.